The SMILES string of the molecule is CCC[C@@H](c1ccc(C#N)cc1OCc1ccc(Cl)cc1Cl)n1ccnc1. The Hall–Kier alpha value is -2.48. The summed E-state index contributed by atoms with van der Waals surface area (Å²) in [5.41, 5.74) is 2.40. The van der Waals surface area contributed by atoms with Gasteiger partial charge in [-0.15, -0.1) is 0 Å². The van der Waals surface area contributed by atoms with Crippen molar-refractivity contribution in [1.82, 2.24) is 9.55 Å². The lowest BCUT2D eigenvalue weighted by Gasteiger charge is -2.22. The predicted molar refractivity (Wildman–Crippen MR) is 107 cm³/mol. The van der Waals surface area contributed by atoms with Crippen LogP contribution in [0.25, 0.3) is 0 Å². The first kappa shape index (κ1) is 19.3. The number of hydrogen-bond acceptors (Lipinski definition) is 3. The Bertz CT molecular complexity index is 949. The van der Waals surface area contributed by atoms with E-state index in [0.29, 0.717) is 28.0 Å². The van der Waals surface area contributed by atoms with Gasteiger partial charge in [0.1, 0.15) is 12.4 Å². The molecular formula is C21H19Cl2N3O. The first-order valence-corrected chi connectivity index (χ1v) is 9.46. The Labute approximate surface area is 168 Å². The van der Waals surface area contributed by atoms with Crippen LogP contribution in [0.4, 0.5) is 0 Å². The van der Waals surface area contributed by atoms with Crippen molar-refractivity contribution < 1.29 is 4.74 Å². The lowest BCUT2D eigenvalue weighted by Crippen LogP contribution is -2.11. The van der Waals surface area contributed by atoms with E-state index in [-0.39, 0.29) is 6.04 Å². The third-order valence-corrected chi connectivity index (χ3v) is 4.93. The molecule has 0 fully saturated rings. The van der Waals surface area contributed by atoms with Gasteiger partial charge in [-0.05, 0) is 30.7 Å². The largest absolute Gasteiger partial charge is 0.488 e. The highest BCUT2D eigenvalue weighted by Crippen LogP contribution is 2.33. The molecule has 0 aliphatic heterocycles. The molecule has 0 bridgehead atoms. The summed E-state index contributed by atoms with van der Waals surface area (Å²) in [4.78, 5) is 4.17. The number of imidazole rings is 1. The van der Waals surface area contributed by atoms with Gasteiger partial charge in [0, 0.05) is 33.6 Å². The van der Waals surface area contributed by atoms with Crippen molar-refractivity contribution in [3.8, 4) is 11.8 Å². The summed E-state index contributed by atoms with van der Waals surface area (Å²) in [6, 6.07) is 13.1. The van der Waals surface area contributed by atoms with Crippen molar-refractivity contribution in [1.29, 1.82) is 5.26 Å². The van der Waals surface area contributed by atoms with Crippen molar-refractivity contribution in [3.63, 3.8) is 0 Å². The van der Waals surface area contributed by atoms with E-state index in [1.807, 2.05) is 24.4 Å². The molecule has 0 spiro atoms. The van der Waals surface area contributed by atoms with Gasteiger partial charge < -0.3 is 9.30 Å². The molecule has 0 unspecified atom stereocenters. The van der Waals surface area contributed by atoms with Gasteiger partial charge in [0.2, 0.25) is 0 Å². The van der Waals surface area contributed by atoms with Crippen LogP contribution in [0.2, 0.25) is 10.0 Å². The first-order chi connectivity index (χ1) is 13.1. The second-order valence-electron chi connectivity index (χ2n) is 6.20. The third kappa shape index (κ3) is 4.63. The topological polar surface area (TPSA) is 50.8 Å². The van der Waals surface area contributed by atoms with Gasteiger partial charge in [0.05, 0.1) is 24.0 Å². The zero-order valence-electron chi connectivity index (χ0n) is 14.9. The Kier molecular flexibility index (Phi) is 6.39. The smallest absolute Gasteiger partial charge is 0.126 e. The van der Waals surface area contributed by atoms with E-state index >= 15 is 0 Å². The van der Waals surface area contributed by atoms with E-state index in [2.05, 4.69) is 22.5 Å². The predicted octanol–water partition coefficient (Wildman–Crippen LogP) is 6.03. The molecule has 1 aromatic heterocycles. The van der Waals surface area contributed by atoms with Gasteiger partial charge in [-0.25, -0.2) is 4.98 Å². The van der Waals surface area contributed by atoms with Gasteiger partial charge in [-0.3, -0.25) is 0 Å². The molecule has 3 aromatic rings. The lowest BCUT2D eigenvalue weighted by atomic mass is 9.99. The van der Waals surface area contributed by atoms with E-state index in [0.717, 1.165) is 24.0 Å². The third-order valence-electron chi connectivity index (χ3n) is 4.35. The molecule has 0 saturated heterocycles. The maximum absolute atomic E-state index is 9.28. The number of nitrogens with zero attached hydrogens (tertiary/aromatic N) is 3. The van der Waals surface area contributed by atoms with Gasteiger partial charge >= 0.3 is 0 Å². The van der Waals surface area contributed by atoms with Crippen molar-refractivity contribution in [2.45, 2.75) is 32.4 Å². The van der Waals surface area contributed by atoms with Crippen molar-refractivity contribution in [2.75, 3.05) is 0 Å². The summed E-state index contributed by atoms with van der Waals surface area (Å²) in [7, 11) is 0. The summed E-state index contributed by atoms with van der Waals surface area (Å²) in [5, 5.41) is 10.4. The number of ether oxygens (including phenoxy) is 1. The fraction of sp³-hybridized carbons (Fsp3) is 0.238. The Morgan fingerprint density at radius 3 is 2.74 bits per heavy atom. The second-order valence-corrected chi connectivity index (χ2v) is 7.05. The number of hydrogen-bond donors (Lipinski definition) is 0. The lowest BCUT2D eigenvalue weighted by molar-refractivity contribution is 0.298. The Morgan fingerprint density at radius 1 is 1.22 bits per heavy atom. The molecule has 0 N–H and O–H groups in total. The normalized spacial score (nSPS) is 11.8. The molecule has 0 aliphatic carbocycles. The van der Waals surface area contributed by atoms with Crippen LogP contribution in [0.15, 0.2) is 55.1 Å². The monoisotopic (exact) mass is 399 g/mol. The summed E-state index contributed by atoms with van der Waals surface area (Å²) in [6.45, 7) is 2.43. The molecule has 1 heterocycles. The average molecular weight is 400 g/mol. The summed E-state index contributed by atoms with van der Waals surface area (Å²) in [5.74, 6) is 0.673. The van der Waals surface area contributed by atoms with Crippen LogP contribution in [0.5, 0.6) is 5.75 Å². The molecule has 0 saturated carbocycles. The van der Waals surface area contributed by atoms with E-state index in [1.165, 1.54) is 0 Å². The quantitative estimate of drug-likeness (QED) is 0.487. The highest BCUT2D eigenvalue weighted by Gasteiger charge is 2.18. The van der Waals surface area contributed by atoms with Crippen LogP contribution >= 0.6 is 23.2 Å². The first-order valence-electron chi connectivity index (χ1n) is 8.70. The van der Waals surface area contributed by atoms with Gasteiger partial charge in [-0.1, -0.05) is 48.7 Å². The molecule has 6 heteroatoms. The molecule has 4 nitrogen and oxygen atoms in total. The number of halogens is 2. The Morgan fingerprint density at radius 2 is 2.07 bits per heavy atom. The Balaban J connectivity index is 1.94. The number of nitriles is 1. The number of rotatable bonds is 7. The zero-order valence-corrected chi connectivity index (χ0v) is 16.4. The summed E-state index contributed by atoms with van der Waals surface area (Å²) >= 11 is 12.2. The van der Waals surface area contributed by atoms with Gasteiger partial charge in [0.25, 0.3) is 0 Å². The van der Waals surface area contributed by atoms with Crippen molar-refractivity contribution >= 4 is 23.2 Å². The highest BCUT2D eigenvalue weighted by molar-refractivity contribution is 6.35. The van der Waals surface area contributed by atoms with Crippen LogP contribution in [-0.2, 0) is 6.61 Å². The molecule has 0 radical (unpaired) electrons. The number of aromatic nitrogens is 2. The maximum atomic E-state index is 9.28. The molecule has 2 aromatic carbocycles. The minimum Gasteiger partial charge on any atom is -0.488 e. The minimum absolute atomic E-state index is 0.0842. The summed E-state index contributed by atoms with van der Waals surface area (Å²) in [6.07, 6.45) is 7.45. The molecule has 0 amide bonds. The molecule has 3 rings (SSSR count). The molecule has 0 aliphatic rings. The standard InChI is InChI=1S/C21H19Cl2N3O/c1-2-3-20(26-9-8-25-14-26)18-7-4-15(12-24)10-21(18)27-13-16-5-6-17(22)11-19(16)23/h4-11,14,20H,2-3,13H2,1H3/t20-/m0/s1. The van der Waals surface area contributed by atoms with Crippen molar-refractivity contribution in [3.05, 3.63) is 81.9 Å². The molecule has 27 heavy (non-hydrogen) atoms. The fourth-order valence-corrected chi connectivity index (χ4v) is 3.45. The highest BCUT2D eigenvalue weighted by atomic mass is 35.5. The van der Waals surface area contributed by atoms with Crippen LogP contribution < -0.4 is 4.74 Å². The molecular weight excluding hydrogens is 381 g/mol. The molecule has 138 valence electrons. The second kappa shape index (κ2) is 8.94. The van der Waals surface area contributed by atoms with E-state index in [1.54, 1.807) is 30.7 Å². The van der Waals surface area contributed by atoms with Crippen molar-refractivity contribution in [2.24, 2.45) is 0 Å². The van der Waals surface area contributed by atoms with E-state index in [4.69, 9.17) is 27.9 Å². The van der Waals surface area contributed by atoms with Crippen LogP contribution in [0, 0.1) is 11.3 Å². The molecule has 1 atom stereocenters. The minimum atomic E-state index is 0.0842. The van der Waals surface area contributed by atoms with E-state index in [9.17, 15) is 5.26 Å². The maximum Gasteiger partial charge on any atom is 0.126 e. The van der Waals surface area contributed by atoms with Crippen LogP contribution in [-0.4, -0.2) is 9.55 Å². The van der Waals surface area contributed by atoms with Crippen LogP contribution in [0.3, 0.4) is 0 Å². The zero-order chi connectivity index (χ0) is 19.2. The van der Waals surface area contributed by atoms with Gasteiger partial charge in [-0.2, -0.15) is 5.26 Å². The van der Waals surface area contributed by atoms with Crippen LogP contribution in [0.1, 0.15) is 42.5 Å². The fourth-order valence-electron chi connectivity index (χ4n) is 2.99. The van der Waals surface area contributed by atoms with E-state index < -0.39 is 0 Å². The number of benzene rings is 2. The summed E-state index contributed by atoms with van der Waals surface area (Å²) < 4.78 is 8.16. The average Bonchev–Trinajstić information content (AvgIpc) is 3.20. The van der Waals surface area contributed by atoms with Gasteiger partial charge in [0.15, 0.2) is 0 Å².